The number of aromatic amines is 1. The fourth-order valence-electron chi connectivity index (χ4n) is 3.38. The summed E-state index contributed by atoms with van der Waals surface area (Å²) in [4.78, 5) is 34.3. The molecule has 0 aliphatic carbocycles. The molecule has 1 atom stereocenters. The number of aryl methyl sites for hydroxylation is 2. The maximum atomic E-state index is 13.3. The third-order valence-electron chi connectivity index (χ3n) is 5.09. The monoisotopic (exact) mass is 467 g/mol. The van der Waals surface area contributed by atoms with Crippen LogP contribution < -0.4 is 10.9 Å². The first kappa shape index (κ1) is 22.2. The highest BCUT2D eigenvalue weighted by molar-refractivity contribution is 8.00. The summed E-state index contributed by atoms with van der Waals surface area (Å²) >= 11 is 2.62. The number of amides is 1. The molecule has 2 aromatic heterocycles. The summed E-state index contributed by atoms with van der Waals surface area (Å²) in [5.41, 5.74) is 3.46. The number of hydrogen-bond donors (Lipinski definition) is 2. The van der Waals surface area contributed by atoms with E-state index in [4.69, 9.17) is 0 Å². The van der Waals surface area contributed by atoms with E-state index in [-0.39, 0.29) is 17.3 Å². The molecule has 4 rings (SSSR count). The van der Waals surface area contributed by atoms with Gasteiger partial charge in [-0.3, -0.25) is 9.59 Å². The van der Waals surface area contributed by atoms with Gasteiger partial charge in [-0.25, -0.2) is 9.37 Å². The Balaban J connectivity index is 1.52. The summed E-state index contributed by atoms with van der Waals surface area (Å²) in [6.07, 6.45) is 0. The highest BCUT2D eigenvalue weighted by Gasteiger charge is 2.20. The van der Waals surface area contributed by atoms with Crippen LogP contribution in [0.5, 0.6) is 0 Å². The van der Waals surface area contributed by atoms with Crippen LogP contribution in [0.1, 0.15) is 22.9 Å². The van der Waals surface area contributed by atoms with Gasteiger partial charge in [-0.2, -0.15) is 0 Å². The van der Waals surface area contributed by atoms with E-state index >= 15 is 0 Å². The SMILES string of the molecule is Cc1ccc(CNC(=O)C(C)Sc2nc3sc(C)c(-c4ccc(F)cc4)c3c(=O)[nH]2)cc1. The van der Waals surface area contributed by atoms with E-state index in [0.29, 0.717) is 21.9 Å². The van der Waals surface area contributed by atoms with Gasteiger partial charge in [0.05, 0.1) is 10.6 Å². The molecular formula is C24H22FN3O2S2. The molecule has 0 saturated carbocycles. The van der Waals surface area contributed by atoms with Gasteiger partial charge in [0, 0.05) is 17.0 Å². The van der Waals surface area contributed by atoms with Crippen LogP contribution in [0.15, 0.2) is 58.5 Å². The number of nitrogens with zero attached hydrogens (tertiary/aromatic N) is 1. The maximum Gasteiger partial charge on any atom is 0.260 e. The van der Waals surface area contributed by atoms with E-state index in [9.17, 15) is 14.0 Å². The summed E-state index contributed by atoms with van der Waals surface area (Å²) in [7, 11) is 0. The van der Waals surface area contributed by atoms with E-state index in [2.05, 4.69) is 15.3 Å². The predicted octanol–water partition coefficient (Wildman–Crippen LogP) is 5.20. The average molecular weight is 468 g/mol. The van der Waals surface area contributed by atoms with Crippen LogP contribution >= 0.6 is 23.1 Å². The number of fused-ring (bicyclic) bond motifs is 1. The van der Waals surface area contributed by atoms with Gasteiger partial charge in [-0.05, 0) is 44.0 Å². The zero-order valence-electron chi connectivity index (χ0n) is 17.9. The standard InChI is InChI=1S/C24H22FN3O2S2/c1-13-4-6-16(7-5-13)12-26-21(29)15(3)32-24-27-22(30)20-19(14(2)31-23(20)28-24)17-8-10-18(25)11-9-17/h4-11,15H,12H2,1-3H3,(H,26,29)(H,27,28,30). The molecule has 0 spiro atoms. The number of carbonyl (C=O) groups is 1. The summed E-state index contributed by atoms with van der Waals surface area (Å²) in [6, 6.07) is 14.1. The fourth-order valence-corrected chi connectivity index (χ4v) is 5.30. The van der Waals surface area contributed by atoms with Gasteiger partial charge in [0.2, 0.25) is 5.91 Å². The average Bonchev–Trinajstić information content (AvgIpc) is 3.10. The topological polar surface area (TPSA) is 74.8 Å². The smallest absolute Gasteiger partial charge is 0.260 e. The Labute approximate surface area is 193 Å². The van der Waals surface area contributed by atoms with Crippen molar-refractivity contribution >= 4 is 39.2 Å². The molecule has 0 aliphatic rings. The van der Waals surface area contributed by atoms with Gasteiger partial charge in [-0.1, -0.05) is 53.7 Å². The Kier molecular flexibility index (Phi) is 6.43. The Morgan fingerprint density at radius 2 is 1.84 bits per heavy atom. The van der Waals surface area contributed by atoms with Crippen molar-refractivity contribution in [2.75, 3.05) is 0 Å². The van der Waals surface area contributed by atoms with Crippen molar-refractivity contribution in [3.05, 3.63) is 80.7 Å². The zero-order valence-corrected chi connectivity index (χ0v) is 19.5. The maximum absolute atomic E-state index is 13.3. The number of aromatic nitrogens is 2. The first-order valence-corrected chi connectivity index (χ1v) is 11.8. The molecule has 0 radical (unpaired) electrons. The van der Waals surface area contributed by atoms with E-state index < -0.39 is 5.25 Å². The van der Waals surface area contributed by atoms with E-state index in [0.717, 1.165) is 21.6 Å². The number of benzene rings is 2. The number of hydrogen-bond acceptors (Lipinski definition) is 5. The van der Waals surface area contributed by atoms with Crippen molar-refractivity contribution in [2.24, 2.45) is 0 Å². The molecule has 2 heterocycles. The molecule has 1 amide bonds. The van der Waals surface area contributed by atoms with Crippen molar-refractivity contribution in [3.63, 3.8) is 0 Å². The van der Waals surface area contributed by atoms with Crippen LogP contribution in [-0.2, 0) is 11.3 Å². The van der Waals surface area contributed by atoms with E-state index in [1.807, 2.05) is 38.1 Å². The fraction of sp³-hybridized carbons (Fsp3) is 0.208. The zero-order chi connectivity index (χ0) is 22.8. The highest BCUT2D eigenvalue weighted by Crippen LogP contribution is 2.36. The van der Waals surface area contributed by atoms with Crippen LogP contribution in [0, 0.1) is 19.7 Å². The van der Waals surface area contributed by atoms with Crippen LogP contribution in [0.25, 0.3) is 21.3 Å². The number of thiophene rings is 1. The normalized spacial score (nSPS) is 12.1. The summed E-state index contributed by atoms with van der Waals surface area (Å²) < 4.78 is 13.3. The minimum atomic E-state index is -0.432. The number of carbonyl (C=O) groups excluding carboxylic acids is 1. The van der Waals surface area contributed by atoms with E-state index in [1.54, 1.807) is 19.1 Å². The molecule has 0 bridgehead atoms. The van der Waals surface area contributed by atoms with Crippen molar-refractivity contribution in [2.45, 2.75) is 37.7 Å². The number of halogens is 1. The van der Waals surface area contributed by atoms with Crippen molar-refractivity contribution in [1.82, 2.24) is 15.3 Å². The minimum Gasteiger partial charge on any atom is -0.351 e. The second-order valence-corrected chi connectivity index (χ2v) is 10.1. The summed E-state index contributed by atoms with van der Waals surface area (Å²) in [6.45, 7) is 6.16. The second-order valence-electron chi connectivity index (χ2n) is 7.55. The third-order valence-corrected chi connectivity index (χ3v) is 7.08. The van der Waals surface area contributed by atoms with Gasteiger partial charge in [0.1, 0.15) is 10.6 Å². The molecule has 32 heavy (non-hydrogen) atoms. The molecule has 0 fully saturated rings. The lowest BCUT2D eigenvalue weighted by Crippen LogP contribution is -2.30. The number of H-pyrrole nitrogens is 1. The Morgan fingerprint density at radius 1 is 1.16 bits per heavy atom. The van der Waals surface area contributed by atoms with Gasteiger partial charge in [0.15, 0.2) is 5.16 Å². The molecule has 4 aromatic rings. The number of rotatable bonds is 6. The molecule has 5 nitrogen and oxygen atoms in total. The molecule has 0 saturated heterocycles. The quantitative estimate of drug-likeness (QED) is 0.302. The molecule has 0 aliphatic heterocycles. The predicted molar refractivity (Wildman–Crippen MR) is 129 cm³/mol. The van der Waals surface area contributed by atoms with Gasteiger partial charge >= 0.3 is 0 Å². The first-order valence-electron chi connectivity index (χ1n) is 10.1. The molecule has 8 heteroatoms. The molecule has 164 valence electrons. The second kappa shape index (κ2) is 9.26. The van der Waals surface area contributed by atoms with Crippen LogP contribution in [-0.4, -0.2) is 21.1 Å². The largest absolute Gasteiger partial charge is 0.351 e. The molecular weight excluding hydrogens is 445 g/mol. The highest BCUT2D eigenvalue weighted by atomic mass is 32.2. The summed E-state index contributed by atoms with van der Waals surface area (Å²) in [5, 5.41) is 3.37. The van der Waals surface area contributed by atoms with Crippen molar-refractivity contribution in [1.29, 1.82) is 0 Å². The molecule has 2 aromatic carbocycles. The van der Waals surface area contributed by atoms with Gasteiger partial charge in [0.25, 0.3) is 5.56 Å². The Morgan fingerprint density at radius 3 is 2.53 bits per heavy atom. The molecule has 2 N–H and O–H groups in total. The van der Waals surface area contributed by atoms with Crippen LogP contribution in [0.4, 0.5) is 4.39 Å². The minimum absolute atomic E-state index is 0.132. The number of nitrogens with one attached hydrogen (secondary N) is 2. The van der Waals surface area contributed by atoms with Gasteiger partial charge in [-0.15, -0.1) is 11.3 Å². The van der Waals surface area contributed by atoms with Crippen LogP contribution in [0.2, 0.25) is 0 Å². The third kappa shape index (κ3) is 4.76. The first-order chi connectivity index (χ1) is 15.3. The Bertz CT molecular complexity index is 1330. The van der Waals surface area contributed by atoms with Crippen molar-refractivity contribution in [3.8, 4) is 11.1 Å². The van der Waals surface area contributed by atoms with Crippen molar-refractivity contribution < 1.29 is 9.18 Å². The van der Waals surface area contributed by atoms with E-state index in [1.165, 1.54) is 40.8 Å². The number of thioether (sulfide) groups is 1. The lowest BCUT2D eigenvalue weighted by atomic mass is 10.0. The lowest BCUT2D eigenvalue weighted by molar-refractivity contribution is -0.120. The summed E-state index contributed by atoms with van der Waals surface area (Å²) in [5.74, 6) is -0.459. The lowest BCUT2D eigenvalue weighted by Gasteiger charge is -2.11. The Hall–Kier alpha value is -2.97. The van der Waals surface area contributed by atoms with Gasteiger partial charge < -0.3 is 10.3 Å². The molecule has 1 unspecified atom stereocenters. The van der Waals surface area contributed by atoms with Crippen LogP contribution in [0.3, 0.4) is 0 Å².